The molecule has 3 N–H and O–H groups in total. The van der Waals surface area contributed by atoms with Crippen LogP contribution < -0.4 is 20.5 Å². The van der Waals surface area contributed by atoms with Crippen LogP contribution in [0.3, 0.4) is 0 Å². The Morgan fingerprint density at radius 2 is 2.26 bits per heavy atom. The van der Waals surface area contributed by atoms with E-state index < -0.39 is 5.91 Å². The minimum absolute atomic E-state index is 0. The van der Waals surface area contributed by atoms with E-state index in [4.69, 9.17) is 26.8 Å². The quantitative estimate of drug-likeness (QED) is 0.799. The molecule has 0 bridgehead atoms. The average Bonchev–Trinajstić information content (AvgIpc) is 2.45. The number of rotatable bonds is 6. The van der Waals surface area contributed by atoms with Gasteiger partial charge in [-0.1, -0.05) is 11.6 Å². The topological polar surface area (TPSA) is 76.8 Å². The highest BCUT2D eigenvalue weighted by Crippen LogP contribution is 2.36. The smallest absolute Gasteiger partial charge is 0.255 e. The van der Waals surface area contributed by atoms with E-state index in [1.807, 2.05) is 12.1 Å². The van der Waals surface area contributed by atoms with Crippen molar-refractivity contribution in [2.24, 2.45) is 5.73 Å². The zero-order chi connectivity index (χ0) is 16.1. The molecule has 23 heavy (non-hydrogen) atoms. The molecule has 1 fully saturated rings. The van der Waals surface area contributed by atoms with Gasteiger partial charge in [-0.2, -0.15) is 0 Å². The number of hydrogen-bond acceptors (Lipinski definition) is 5. The number of benzene rings is 1. The highest BCUT2D eigenvalue weighted by molar-refractivity contribution is 6.32. The monoisotopic (exact) mass is 363 g/mol. The third-order valence-electron chi connectivity index (χ3n) is 3.51. The van der Waals surface area contributed by atoms with Crippen molar-refractivity contribution in [3.63, 3.8) is 0 Å². The van der Waals surface area contributed by atoms with Crippen LogP contribution in [0.2, 0.25) is 5.02 Å². The summed E-state index contributed by atoms with van der Waals surface area (Å²) in [4.78, 5) is 13.2. The van der Waals surface area contributed by atoms with Gasteiger partial charge in [0, 0.05) is 32.2 Å². The van der Waals surface area contributed by atoms with Crippen molar-refractivity contribution in [2.45, 2.75) is 19.5 Å². The first kappa shape index (κ1) is 19.8. The molecule has 0 aromatic heterocycles. The first-order valence-corrected chi connectivity index (χ1v) is 7.60. The summed E-state index contributed by atoms with van der Waals surface area (Å²) < 4.78 is 10.6. The zero-order valence-corrected chi connectivity index (χ0v) is 14.9. The predicted octanol–water partition coefficient (Wildman–Crippen LogP) is 1.43. The van der Waals surface area contributed by atoms with Crippen molar-refractivity contribution < 1.29 is 14.3 Å². The molecule has 0 aliphatic carbocycles. The lowest BCUT2D eigenvalue weighted by atomic mass is 10.1. The number of ether oxygens (including phenoxy) is 2. The number of nitrogens with zero attached hydrogens (tertiary/aromatic N) is 1. The number of methoxy groups -OCH3 is 1. The second-order valence-electron chi connectivity index (χ2n) is 5.45. The van der Waals surface area contributed by atoms with E-state index in [2.05, 4.69) is 17.1 Å². The Morgan fingerprint density at radius 1 is 1.52 bits per heavy atom. The van der Waals surface area contributed by atoms with Crippen LogP contribution in [0.1, 0.15) is 12.5 Å². The second-order valence-corrected chi connectivity index (χ2v) is 5.86. The molecule has 1 atom stereocenters. The molecule has 1 saturated heterocycles. The summed E-state index contributed by atoms with van der Waals surface area (Å²) in [5.74, 6) is 0.296. The summed E-state index contributed by atoms with van der Waals surface area (Å²) in [7, 11) is 1.54. The number of halogens is 2. The second kappa shape index (κ2) is 9.17. The van der Waals surface area contributed by atoms with Gasteiger partial charge in [-0.3, -0.25) is 9.69 Å². The van der Waals surface area contributed by atoms with Gasteiger partial charge in [-0.25, -0.2) is 0 Å². The van der Waals surface area contributed by atoms with E-state index in [0.717, 1.165) is 31.7 Å². The maximum absolute atomic E-state index is 10.8. The Balaban J connectivity index is 0.00000264. The average molecular weight is 364 g/mol. The van der Waals surface area contributed by atoms with E-state index in [0.29, 0.717) is 22.6 Å². The molecule has 1 aliphatic rings. The fraction of sp³-hybridized carbons (Fsp3) is 0.533. The SMILES string of the molecule is COc1cc(CN2CCN[C@@H](C)C2)cc(Cl)c1OCC(N)=O.Cl. The van der Waals surface area contributed by atoms with Gasteiger partial charge in [0.05, 0.1) is 12.1 Å². The molecule has 1 aromatic rings. The maximum atomic E-state index is 10.8. The van der Waals surface area contributed by atoms with Gasteiger partial charge in [0.2, 0.25) is 0 Å². The van der Waals surface area contributed by atoms with E-state index in [1.54, 1.807) is 7.11 Å². The number of piperazine rings is 1. The molecule has 1 heterocycles. The van der Waals surface area contributed by atoms with Gasteiger partial charge in [0.1, 0.15) is 0 Å². The first-order valence-electron chi connectivity index (χ1n) is 7.23. The molecule has 0 spiro atoms. The molecule has 0 radical (unpaired) electrons. The largest absolute Gasteiger partial charge is 0.493 e. The van der Waals surface area contributed by atoms with Crippen LogP contribution in [0.5, 0.6) is 11.5 Å². The van der Waals surface area contributed by atoms with Gasteiger partial charge in [-0.15, -0.1) is 12.4 Å². The number of nitrogens with one attached hydrogen (secondary N) is 1. The molecular weight excluding hydrogens is 341 g/mol. The normalized spacial score (nSPS) is 18.1. The molecule has 1 amide bonds. The number of carbonyl (C=O) groups is 1. The summed E-state index contributed by atoms with van der Waals surface area (Å²) in [6.45, 7) is 5.68. The number of primary amides is 1. The Labute approximate surface area is 147 Å². The predicted molar refractivity (Wildman–Crippen MR) is 92.7 cm³/mol. The van der Waals surface area contributed by atoms with Gasteiger partial charge in [0.15, 0.2) is 18.1 Å². The summed E-state index contributed by atoms with van der Waals surface area (Å²) in [5.41, 5.74) is 6.13. The zero-order valence-electron chi connectivity index (χ0n) is 13.3. The fourth-order valence-electron chi connectivity index (χ4n) is 2.56. The lowest BCUT2D eigenvalue weighted by molar-refractivity contribution is -0.119. The van der Waals surface area contributed by atoms with Crippen LogP contribution in [0, 0.1) is 0 Å². The van der Waals surface area contributed by atoms with Crippen LogP contribution >= 0.6 is 24.0 Å². The summed E-state index contributed by atoms with van der Waals surface area (Å²) >= 11 is 6.26. The summed E-state index contributed by atoms with van der Waals surface area (Å²) in [6, 6.07) is 4.20. The molecule has 0 saturated carbocycles. The van der Waals surface area contributed by atoms with Crippen molar-refractivity contribution in [3.8, 4) is 11.5 Å². The highest BCUT2D eigenvalue weighted by Gasteiger charge is 2.18. The Hall–Kier alpha value is -1.21. The lowest BCUT2D eigenvalue weighted by Crippen LogP contribution is -2.48. The van der Waals surface area contributed by atoms with E-state index in [9.17, 15) is 4.79 Å². The Bertz CT molecular complexity index is 543. The van der Waals surface area contributed by atoms with Crippen molar-refractivity contribution in [2.75, 3.05) is 33.4 Å². The summed E-state index contributed by atoms with van der Waals surface area (Å²) in [6.07, 6.45) is 0. The highest BCUT2D eigenvalue weighted by atomic mass is 35.5. The molecule has 0 unspecified atom stereocenters. The van der Waals surface area contributed by atoms with Crippen molar-refractivity contribution in [1.82, 2.24) is 10.2 Å². The van der Waals surface area contributed by atoms with Gasteiger partial charge in [-0.05, 0) is 24.6 Å². The van der Waals surface area contributed by atoms with Gasteiger partial charge >= 0.3 is 0 Å². The maximum Gasteiger partial charge on any atom is 0.255 e. The van der Waals surface area contributed by atoms with Crippen LogP contribution in [-0.4, -0.2) is 50.2 Å². The van der Waals surface area contributed by atoms with Crippen LogP contribution in [0.15, 0.2) is 12.1 Å². The van der Waals surface area contributed by atoms with Crippen LogP contribution in [0.25, 0.3) is 0 Å². The standard InChI is InChI=1S/C15H22ClN3O3.ClH/c1-10-7-19(4-3-18-10)8-11-5-12(16)15(13(6-11)21-2)22-9-14(17)20;/h5-6,10,18H,3-4,7-9H2,1-2H3,(H2,17,20);1H/t10-;/m0./s1. The third kappa shape index (κ3) is 5.73. The summed E-state index contributed by atoms with van der Waals surface area (Å²) in [5, 5.41) is 3.83. The van der Waals surface area contributed by atoms with Crippen molar-refractivity contribution >= 4 is 29.9 Å². The van der Waals surface area contributed by atoms with Crippen LogP contribution in [0.4, 0.5) is 0 Å². The minimum Gasteiger partial charge on any atom is -0.493 e. The molecule has 2 rings (SSSR count). The number of nitrogens with two attached hydrogens (primary N) is 1. The Morgan fingerprint density at radius 3 is 2.87 bits per heavy atom. The first-order chi connectivity index (χ1) is 10.5. The van der Waals surface area contributed by atoms with Gasteiger partial charge < -0.3 is 20.5 Å². The van der Waals surface area contributed by atoms with E-state index >= 15 is 0 Å². The minimum atomic E-state index is -0.558. The van der Waals surface area contributed by atoms with Crippen molar-refractivity contribution in [1.29, 1.82) is 0 Å². The molecule has 1 aliphatic heterocycles. The Kier molecular flexibility index (Phi) is 7.91. The van der Waals surface area contributed by atoms with Crippen LogP contribution in [-0.2, 0) is 11.3 Å². The number of carbonyl (C=O) groups excluding carboxylic acids is 1. The number of hydrogen-bond donors (Lipinski definition) is 2. The van der Waals surface area contributed by atoms with E-state index in [-0.39, 0.29) is 19.0 Å². The molecule has 1 aromatic carbocycles. The van der Waals surface area contributed by atoms with Crippen molar-refractivity contribution in [3.05, 3.63) is 22.7 Å². The lowest BCUT2D eigenvalue weighted by Gasteiger charge is -2.32. The third-order valence-corrected chi connectivity index (χ3v) is 3.79. The fourth-order valence-corrected chi connectivity index (χ4v) is 2.85. The molecule has 130 valence electrons. The number of amides is 1. The van der Waals surface area contributed by atoms with E-state index in [1.165, 1.54) is 0 Å². The molecule has 6 nitrogen and oxygen atoms in total. The molecular formula is C15H23Cl2N3O3. The molecule has 8 heteroatoms. The van der Waals surface area contributed by atoms with Gasteiger partial charge in [0.25, 0.3) is 5.91 Å².